The summed E-state index contributed by atoms with van der Waals surface area (Å²) in [6.45, 7) is 7.18. The Morgan fingerprint density at radius 1 is 1.29 bits per heavy atom. The van der Waals surface area contributed by atoms with Crippen LogP contribution in [0.5, 0.6) is 5.75 Å². The van der Waals surface area contributed by atoms with E-state index in [-0.39, 0.29) is 30.5 Å². The fourth-order valence-corrected chi connectivity index (χ4v) is 2.95. The Hall–Kier alpha value is -1.26. The quantitative estimate of drug-likeness (QED) is 0.751. The minimum Gasteiger partial charge on any atom is -0.491 e. The summed E-state index contributed by atoms with van der Waals surface area (Å²) >= 11 is 0. The van der Waals surface area contributed by atoms with Gasteiger partial charge in [0.2, 0.25) is 5.91 Å². The van der Waals surface area contributed by atoms with E-state index in [0.29, 0.717) is 12.5 Å². The maximum Gasteiger partial charge on any atom is 0.221 e. The lowest BCUT2D eigenvalue weighted by atomic mass is 10.1. The van der Waals surface area contributed by atoms with Crippen molar-refractivity contribution in [3.8, 4) is 5.75 Å². The molecular formula is C19H31ClN2O2. The Morgan fingerprint density at radius 3 is 2.58 bits per heavy atom. The van der Waals surface area contributed by atoms with Crippen LogP contribution >= 0.6 is 12.4 Å². The Morgan fingerprint density at radius 2 is 2.00 bits per heavy atom. The highest BCUT2D eigenvalue weighted by Gasteiger charge is 2.18. The van der Waals surface area contributed by atoms with Crippen molar-refractivity contribution < 1.29 is 9.53 Å². The molecular weight excluding hydrogens is 324 g/mol. The minimum atomic E-state index is 0. The van der Waals surface area contributed by atoms with Gasteiger partial charge in [0.25, 0.3) is 0 Å². The standard InChI is InChI=1S/C19H30N2O2.ClH/c1-14(2)23-18-10-8-16(9-11-18)7-6-15(3)21-19(22)13-17-5-4-12-20-17;/h8-11,14-15,17,20H,4-7,12-13H2,1-3H3,(H,21,22);1H. The third-order valence-electron chi connectivity index (χ3n) is 4.16. The molecule has 1 aliphatic rings. The predicted octanol–water partition coefficient (Wildman–Crippen LogP) is 3.48. The first-order valence-corrected chi connectivity index (χ1v) is 8.81. The van der Waals surface area contributed by atoms with Gasteiger partial charge in [-0.3, -0.25) is 4.79 Å². The first-order valence-electron chi connectivity index (χ1n) is 8.81. The van der Waals surface area contributed by atoms with Crippen LogP contribution in [0.15, 0.2) is 24.3 Å². The highest BCUT2D eigenvalue weighted by Crippen LogP contribution is 2.15. The molecule has 2 atom stereocenters. The number of hydrogen-bond donors (Lipinski definition) is 2. The molecule has 1 aromatic carbocycles. The van der Waals surface area contributed by atoms with E-state index in [1.54, 1.807) is 0 Å². The largest absolute Gasteiger partial charge is 0.491 e. The van der Waals surface area contributed by atoms with Gasteiger partial charge in [-0.15, -0.1) is 12.4 Å². The second-order valence-electron chi connectivity index (χ2n) is 6.82. The van der Waals surface area contributed by atoms with E-state index in [1.807, 2.05) is 26.0 Å². The summed E-state index contributed by atoms with van der Waals surface area (Å²) in [6, 6.07) is 8.82. The van der Waals surface area contributed by atoms with Gasteiger partial charge in [0.05, 0.1) is 6.10 Å². The number of carbonyl (C=O) groups excluding carboxylic acids is 1. The molecule has 1 fully saturated rings. The first kappa shape index (κ1) is 20.8. The molecule has 1 aliphatic heterocycles. The van der Waals surface area contributed by atoms with Gasteiger partial charge >= 0.3 is 0 Å². The highest BCUT2D eigenvalue weighted by atomic mass is 35.5. The van der Waals surface area contributed by atoms with Crippen LogP contribution in [-0.2, 0) is 11.2 Å². The SMILES string of the molecule is CC(CCc1ccc(OC(C)C)cc1)NC(=O)CC1CCCN1.Cl. The Kier molecular flexibility index (Phi) is 9.16. The van der Waals surface area contributed by atoms with E-state index in [0.717, 1.165) is 31.6 Å². The van der Waals surface area contributed by atoms with Crippen molar-refractivity contribution in [2.24, 2.45) is 0 Å². The van der Waals surface area contributed by atoms with E-state index < -0.39 is 0 Å². The van der Waals surface area contributed by atoms with Crippen molar-refractivity contribution in [3.05, 3.63) is 29.8 Å². The molecule has 0 aliphatic carbocycles. The summed E-state index contributed by atoms with van der Waals surface area (Å²) in [6.07, 6.45) is 5.02. The molecule has 0 spiro atoms. The van der Waals surface area contributed by atoms with Crippen LogP contribution < -0.4 is 15.4 Å². The molecule has 5 heteroatoms. The molecule has 2 N–H and O–H groups in total. The van der Waals surface area contributed by atoms with Crippen molar-refractivity contribution >= 4 is 18.3 Å². The molecule has 1 saturated heterocycles. The smallest absolute Gasteiger partial charge is 0.221 e. The normalized spacial score (nSPS) is 18.1. The average molecular weight is 355 g/mol. The molecule has 0 bridgehead atoms. The number of rotatable bonds is 8. The van der Waals surface area contributed by atoms with Gasteiger partial charge in [-0.2, -0.15) is 0 Å². The lowest BCUT2D eigenvalue weighted by molar-refractivity contribution is -0.122. The van der Waals surface area contributed by atoms with E-state index in [1.165, 1.54) is 12.0 Å². The molecule has 136 valence electrons. The third-order valence-corrected chi connectivity index (χ3v) is 4.16. The summed E-state index contributed by atoms with van der Waals surface area (Å²) in [5.41, 5.74) is 1.28. The number of ether oxygens (including phenoxy) is 1. The van der Waals surface area contributed by atoms with Crippen LogP contribution in [0.3, 0.4) is 0 Å². The monoisotopic (exact) mass is 354 g/mol. The highest BCUT2D eigenvalue weighted by molar-refractivity contribution is 5.85. The Bertz CT molecular complexity index is 485. The van der Waals surface area contributed by atoms with Crippen LogP contribution in [-0.4, -0.2) is 30.6 Å². The number of amides is 1. The molecule has 24 heavy (non-hydrogen) atoms. The second kappa shape index (κ2) is 10.6. The van der Waals surface area contributed by atoms with E-state index in [4.69, 9.17) is 4.74 Å². The van der Waals surface area contributed by atoms with Gasteiger partial charge in [-0.05, 0) is 70.7 Å². The second-order valence-corrected chi connectivity index (χ2v) is 6.82. The molecule has 2 unspecified atom stereocenters. The maximum atomic E-state index is 12.0. The number of hydrogen-bond acceptors (Lipinski definition) is 3. The minimum absolute atomic E-state index is 0. The summed E-state index contributed by atoms with van der Waals surface area (Å²) in [5.74, 6) is 1.08. The van der Waals surface area contributed by atoms with Crippen molar-refractivity contribution in [1.82, 2.24) is 10.6 Å². The zero-order valence-corrected chi connectivity index (χ0v) is 15.8. The number of carbonyl (C=O) groups is 1. The van der Waals surface area contributed by atoms with Crippen molar-refractivity contribution in [2.45, 2.75) is 71.1 Å². The van der Waals surface area contributed by atoms with Crippen LogP contribution in [0.1, 0.15) is 52.0 Å². The Labute approximate surface area is 152 Å². The number of benzene rings is 1. The molecule has 2 rings (SSSR count). The van der Waals surface area contributed by atoms with E-state index in [9.17, 15) is 4.79 Å². The topological polar surface area (TPSA) is 50.4 Å². The predicted molar refractivity (Wildman–Crippen MR) is 101 cm³/mol. The molecule has 1 aromatic rings. The maximum absolute atomic E-state index is 12.0. The number of nitrogens with one attached hydrogen (secondary N) is 2. The van der Waals surface area contributed by atoms with Gasteiger partial charge < -0.3 is 15.4 Å². The average Bonchev–Trinajstić information content (AvgIpc) is 2.98. The van der Waals surface area contributed by atoms with Crippen molar-refractivity contribution in [3.63, 3.8) is 0 Å². The number of aryl methyl sites for hydroxylation is 1. The molecule has 0 radical (unpaired) electrons. The molecule has 1 heterocycles. The van der Waals surface area contributed by atoms with E-state index >= 15 is 0 Å². The summed E-state index contributed by atoms with van der Waals surface area (Å²) in [4.78, 5) is 12.0. The fourth-order valence-electron chi connectivity index (χ4n) is 2.95. The Balaban J connectivity index is 0.00000288. The zero-order chi connectivity index (χ0) is 16.7. The molecule has 4 nitrogen and oxygen atoms in total. The lowest BCUT2D eigenvalue weighted by Crippen LogP contribution is -2.37. The van der Waals surface area contributed by atoms with Gasteiger partial charge in [0.1, 0.15) is 5.75 Å². The van der Waals surface area contributed by atoms with Crippen LogP contribution in [0.2, 0.25) is 0 Å². The van der Waals surface area contributed by atoms with E-state index in [2.05, 4.69) is 29.7 Å². The van der Waals surface area contributed by atoms with Gasteiger partial charge in [-0.25, -0.2) is 0 Å². The van der Waals surface area contributed by atoms with Gasteiger partial charge in [0.15, 0.2) is 0 Å². The van der Waals surface area contributed by atoms with Gasteiger partial charge in [-0.1, -0.05) is 12.1 Å². The summed E-state index contributed by atoms with van der Waals surface area (Å²) < 4.78 is 5.65. The van der Waals surface area contributed by atoms with Crippen LogP contribution in [0.25, 0.3) is 0 Å². The van der Waals surface area contributed by atoms with Crippen molar-refractivity contribution in [2.75, 3.05) is 6.54 Å². The zero-order valence-electron chi connectivity index (χ0n) is 15.0. The van der Waals surface area contributed by atoms with Crippen LogP contribution in [0.4, 0.5) is 0 Å². The number of halogens is 1. The fraction of sp³-hybridized carbons (Fsp3) is 0.632. The summed E-state index contributed by atoms with van der Waals surface area (Å²) in [5, 5.41) is 6.48. The molecule has 1 amide bonds. The van der Waals surface area contributed by atoms with Gasteiger partial charge in [0, 0.05) is 18.5 Å². The molecule has 0 aromatic heterocycles. The first-order chi connectivity index (χ1) is 11.0. The third kappa shape index (κ3) is 7.54. The molecule has 0 saturated carbocycles. The summed E-state index contributed by atoms with van der Waals surface area (Å²) in [7, 11) is 0. The van der Waals surface area contributed by atoms with Crippen LogP contribution in [0, 0.1) is 0 Å². The van der Waals surface area contributed by atoms with Crippen molar-refractivity contribution in [1.29, 1.82) is 0 Å². The lowest BCUT2D eigenvalue weighted by Gasteiger charge is -2.16.